The summed E-state index contributed by atoms with van der Waals surface area (Å²) in [6, 6.07) is 15.9. The molecule has 0 amide bonds. The van der Waals surface area contributed by atoms with E-state index >= 15 is 0 Å². The van der Waals surface area contributed by atoms with E-state index in [1.54, 1.807) is 45.5 Å². The summed E-state index contributed by atoms with van der Waals surface area (Å²) in [4.78, 5) is 0. The molecular formula is C23H27N3O6S. The highest BCUT2D eigenvalue weighted by molar-refractivity contribution is 7.89. The number of aryl methyl sites for hydroxylation is 1. The molecule has 0 bridgehead atoms. The van der Waals surface area contributed by atoms with Crippen LogP contribution in [0.2, 0.25) is 0 Å². The summed E-state index contributed by atoms with van der Waals surface area (Å²) < 4.78 is 45.6. The highest BCUT2D eigenvalue weighted by Gasteiger charge is 2.42. The zero-order chi connectivity index (χ0) is 23.6. The van der Waals surface area contributed by atoms with Crippen LogP contribution in [0.1, 0.15) is 16.8 Å². The van der Waals surface area contributed by atoms with Crippen molar-refractivity contribution in [1.29, 1.82) is 0 Å². The molecule has 0 spiro atoms. The minimum absolute atomic E-state index is 0.105. The molecule has 9 nitrogen and oxygen atoms in total. The van der Waals surface area contributed by atoms with Crippen molar-refractivity contribution < 1.29 is 27.7 Å². The van der Waals surface area contributed by atoms with Crippen LogP contribution in [0.15, 0.2) is 59.6 Å². The quantitative estimate of drug-likeness (QED) is 0.507. The van der Waals surface area contributed by atoms with E-state index in [1.165, 1.54) is 15.1 Å². The molecule has 10 heteroatoms. The van der Waals surface area contributed by atoms with Crippen LogP contribution in [0, 0.1) is 0 Å². The number of sulfonamides is 1. The highest BCUT2D eigenvalue weighted by Crippen LogP contribution is 2.31. The van der Waals surface area contributed by atoms with E-state index in [9.17, 15) is 13.5 Å². The topological polar surface area (TPSA) is 103 Å². The van der Waals surface area contributed by atoms with Gasteiger partial charge in [0, 0.05) is 26.2 Å². The number of benzene rings is 2. The molecule has 4 rings (SSSR count). The van der Waals surface area contributed by atoms with Gasteiger partial charge in [0.05, 0.1) is 33.1 Å². The fraction of sp³-hybridized carbons (Fsp3) is 0.348. The fourth-order valence-electron chi connectivity index (χ4n) is 3.67. The molecule has 2 aromatic carbocycles. The second kappa shape index (κ2) is 9.14. The number of nitrogens with zero attached hydrogens (tertiary/aromatic N) is 3. The number of rotatable bonds is 9. The Morgan fingerprint density at radius 3 is 1.88 bits per heavy atom. The van der Waals surface area contributed by atoms with Gasteiger partial charge < -0.3 is 19.3 Å². The van der Waals surface area contributed by atoms with Crippen molar-refractivity contribution in [3.05, 3.63) is 71.4 Å². The number of methoxy groups -OCH3 is 2. The number of aromatic nitrogens is 2. The van der Waals surface area contributed by atoms with Crippen LogP contribution in [-0.2, 0) is 40.5 Å². The van der Waals surface area contributed by atoms with E-state index in [0.29, 0.717) is 17.2 Å². The number of hydrogen-bond acceptors (Lipinski definition) is 7. The fourth-order valence-corrected chi connectivity index (χ4v) is 5.06. The Morgan fingerprint density at radius 2 is 1.48 bits per heavy atom. The smallest absolute Gasteiger partial charge is 0.263 e. The van der Waals surface area contributed by atoms with E-state index in [0.717, 1.165) is 11.1 Å². The van der Waals surface area contributed by atoms with Gasteiger partial charge in [-0.25, -0.2) is 8.42 Å². The normalized spacial score (nSPS) is 15.3. The third-order valence-electron chi connectivity index (χ3n) is 5.66. The number of aliphatic hydroxyl groups is 1. The van der Waals surface area contributed by atoms with E-state index in [2.05, 4.69) is 5.10 Å². The lowest BCUT2D eigenvalue weighted by Crippen LogP contribution is -2.47. The van der Waals surface area contributed by atoms with E-state index in [-0.39, 0.29) is 31.3 Å². The zero-order valence-electron chi connectivity index (χ0n) is 18.8. The van der Waals surface area contributed by atoms with Crippen molar-refractivity contribution in [2.75, 3.05) is 27.4 Å². The molecule has 0 radical (unpaired) electrons. The van der Waals surface area contributed by atoms with Crippen molar-refractivity contribution >= 4 is 10.0 Å². The van der Waals surface area contributed by atoms with Crippen molar-refractivity contribution in [1.82, 2.24) is 14.1 Å². The third kappa shape index (κ3) is 4.74. The highest BCUT2D eigenvalue weighted by atomic mass is 32.2. The second-order valence-electron chi connectivity index (χ2n) is 7.99. The standard InChI is InChI=1S/C23H27N3O6S/c1-25-21(23(27)15-32-16-23)12-22(24-25)33(28,29)26(13-17-4-8-19(30-2)9-5-17)14-18-6-10-20(31-3)11-7-18/h4-12,27H,13-16H2,1-3H3. The molecule has 176 valence electrons. The summed E-state index contributed by atoms with van der Waals surface area (Å²) >= 11 is 0. The van der Waals surface area contributed by atoms with Crippen molar-refractivity contribution in [3.8, 4) is 11.5 Å². The van der Waals surface area contributed by atoms with Crippen molar-refractivity contribution in [2.45, 2.75) is 23.7 Å². The SMILES string of the molecule is COc1ccc(CN(Cc2ccc(OC)cc2)S(=O)(=O)c2cc(C3(O)COC3)n(C)n2)cc1. The summed E-state index contributed by atoms with van der Waals surface area (Å²) in [5.74, 6) is 1.38. The van der Waals surface area contributed by atoms with Gasteiger partial charge in [0.2, 0.25) is 0 Å². The first-order chi connectivity index (χ1) is 15.7. The van der Waals surface area contributed by atoms with E-state index < -0.39 is 15.6 Å². The monoisotopic (exact) mass is 473 g/mol. The predicted octanol–water partition coefficient (Wildman–Crippen LogP) is 2.05. The Hall–Kier alpha value is -2.92. The first-order valence-electron chi connectivity index (χ1n) is 10.4. The van der Waals surface area contributed by atoms with Crippen LogP contribution in [0.5, 0.6) is 11.5 Å². The average Bonchev–Trinajstić information content (AvgIpc) is 3.20. The average molecular weight is 474 g/mol. The van der Waals surface area contributed by atoms with Gasteiger partial charge in [-0.05, 0) is 35.4 Å². The Kier molecular flexibility index (Phi) is 6.44. The van der Waals surface area contributed by atoms with Gasteiger partial charge in [-0.2, -0.15) is 9.40 Å². The molecule has 1 saturated heterocycles. The minimum atomic E-state index is -3.99. The summed E-state index contributed by atoms with van der Waals surface area (Å²) in [6.45, 7) is 0.482. The lowest BCUT2D eigenvalue weighted by Gasteiger charge is -2.35. The van der Waals surface area contributed by atoms with Crippen LogP contribution >= 0.6 is 0 Å². The minimum Gasteiger partial charge on any atom is -0.497 e. The molecule has 0 atom stereocenters. The van der Waals surface area contributed by atoms with Gasteiger partial charge in [0.25, 0.3) is 10.0 Å². The Labute approximate surface area is 193 Å². The van der Waals surface area contributed by atoms with Crippen LogP contribution in [-0.4, -0.2) is 55.0 Å². The zero-order valence-corrected chi connectivity index (χ0v) is 19.6. The summed E-state index contributed by atoms with van der Waals surface area (Å²) in [6.07, 6.45) is 0. The third-order valence-corrected chi connectivity index (χ3v) is 7.32. The molecule has 33 heavy (non-hydrogen) atoms. The second-order valence-corrected chi connectivity index (χ2v) is 9.87. The largest absolute Gasteiger partial charge is 0.497 e. The Balaban J connectivity index is 1.67. The number of ether oxygens (including phenoxy) is 3. The van der Waals surface area contributed by atoms with Crippen molar-refractivity contribution in [2.24, 2.45) is 7.05 Å². The lowest BCUT2D eigenvalue weighted by atomic mass is 9.98. The maximum absolute atomic E-state index is 13.7. The molecule has 0 unspecified atom stereocenters. The first-order valence-corrected chi connectivity index (χ1v) is 11.8. The van der Waals surface area contributed by atoms with Crippen LogP contribution in [0.4, 0.5) is 0 Å². The molecular weight excluding hydrogens is 446 g/mol. The molecule has 1 fully saturated rings. The van der Waals surface area contributed by atoms with Crippen LogP contribution in [0.25, 0.3) is 0 Å². The van der Waals surface area contributed by atoms with E-state index in [1.807, 2.05) is 24.3 Å². The Bertz CT molecular complexity index is 1150. The first kappa shape index (κ1) is 23.2. The van der Waals surface area contributed by atoms with Gasteiger partial charge in [-0.15, -0.1) is 0 Å². The van der Waals surface area contributed by atoms with Gasteiger partial charge in [-0.1, -0.05) is 24.3 Å². The van der Waals surface area contributed by atoms with Crippen LogP contribution < -0.4 is 9.47 Å². The summed E-state index contributed by atoms with van der Waals surface area (Å²) in [7, 11) is 0.782. The van der Waals surface area contributed by atoms with Gasteiger partial charge in [-0.3, -0.25) is 4.68 Å². The molecule has 3 aromatic rings. The molecule has 1 aromatic heterocycles. The van der Waals surface area contributed by atoms with E-state index in [4.69, 9.17) is 14.2 Å². The summed E-state index contributed by atoms with van der Waals surface area (Å²) in [5.41, 5.74) is 0.776. The molecule has 0 aliphatic carbocycles. The van der Waals surface area contributed by atoms with Crippen LogP contribution in [0.3, 0.4) is 0 Å². The molecule has 1 aliphatic heterocycles. The Morgan fingerprint density at radius 1 is 1.00 bits per heavy atom. The number of hydrogen-bond donors (Lipinski definition) is 1. The predicted molar refractivity (Wildman–Crippen MR) is 120 cm³/mol. The molecule has 2 heterocycles. The maximum Gasteiger partial charge on any atom is 0.263 e. The van der Waals surface area contributed by atoms with Gasteiger partial charge in [0.15, 0.2) is 10.6 Å². The van der Waals surface area contributed by atoms with Gasteiger partial charge >= 0.3 is 0 Å². The van der Waals surface area contributed by atoms with Gasteiger partial charge in [0.1, 0.15) is 11.5 Å². The lowest BCUT2D eigenvalue weighted by molar-refractivity contribution is -0.188. The van der Waals surface area contributed by atoms with Crippen molar-refractivity contribution in [3.63, 3.8) is 0 Å². The maximum atomic E-state index is 13.7. The molecule has 0 saturated carbocycles. The molecule has 1 aliphatic rings. The molecule has 1 N–H and O–H groups in total. The summed E-state index contributed by atoms with van der Waals surface area (Å²) in [5, 5.41) is 14.7.